The van der Waals surface area contributed by atoms with Crippen LogP contribution >= 0.6 is 11.3 Å². The molecule has 1 atom stereocenters. The van der Waals surface area contributed by atoms with Gasteiger partial charge >= 0.3 is 0 Å². The number of aromatic nitrogens is 2. The number of rotatable bonds is 4. The van der Waals surface area contributed by atoms with Crippen LogP contribution in [-0.2, 0) is 7.05 Å². The van der Waals surface area contributed by atoms with Crippen LogP contribution in [0.25, 0.3) is 0 Å². The highest BCUT2D eigenvalue weighted by atomic mass is 32.1. The average Bonchev–Trinajstić information content (AvgIpc) is 3.41. The number of amides is 2. The summed E-state index contributed by atoms with van der Waals surface area (Å²) in [6.45, 7) is 2.56. The summed E-state index contributed by atoms with van der Waals surface area (Å²) in [6, 6.07) is 5.52. The lowest BCUT2D eigenvalue weighted by molar-refractivity contribution is 0.0704. The van der Waals surface area contributed by atoms with Crippen molar-refractivity contribution >= 4 is 28.8 Å². The molecule has 2 amide bonds. The second-order valence-electron chi connectivity index (χ2n) is 6.65. The fraction of sp³-hybridized carbons (Fsp3) is 0.316. The van der Waals surface area contributed by atoms with E-state index in [1.54, 1.807) is 36.5 Å². The lowest BCUT2D eigenvalue weighted by atomic mass is 10.1. The predicted molar refractivity (Wildman–Crippen MR) is 102 cm³/mol. The molecule has 3 aromatic rings. The molecule has 1 fully saturated rings. The van der Waals surface area contributed by atoms with Crippen LogP contribution in [-0.4, -0.2) is 33.0 Å². The van der Waals surface area contributed by atoms with Gasteiger partial charge in [-0.15, -0.1) is 11.3 Å². The van der Waals surface area contributed by atoms with Gasteiger partial charge in [0.1, 0.15) is 0 Å². The van der Waals surface area contributed by atoms with E-state index in [9.17, 15) is 9.59 Å². The molecule has 0 saturated carbocycles. The zero-order chi connectivity index (χ0) is 19.0. The molecule has 4 rings (SSSR count). The lowest BCUT2D eigenvalue weighted by Crippen LogP contribution is -2.30. The lowest BCUT2D eigenvalue weighted by Gasteiger charge is -2.23. The molecule has 7 nitrogen and oxygen atoms in total. The van der Waals surface area contributed by atoms with Crippen LogP contribution in [0.4, 0.5) is 5.69 Å². The Morgan fingerprint density at radius 1 is 1.33 bits per heavy atom. The fourth-order valence-corrected chi connectivity index (χ4v) is 4.41. The summed E-state index contributed by atoms with van der Waals surface area (Å²) in [6.07, 6.45) is 6.71. The maximum atomic E-state index is 12.8. The number of carbonyl (C=O) groups excluding carboxylic acids is 2. The van der Waals surface area contributed by atoms with Gasteiger partial charge in [0.05, 0.1) is 29.1 Å². The van der Waals surface area contributed by atoms with Gasteiger partial charge < -0.3 is 14.6 Å². The van der Waals surface area contributed by atoms with Crippen LogP contribution in [0, 0.1) is 6.92 Å². The number of hydrogen-bond donors (Lipinski definition) is 1. The van der Waals surface area contributed by atoms with Gasteiger partial charge in [-0.3, -0.25) is 14.3 Å². The zero-order valence-corrected chi connectivity index (χ0v) is 16.0. The van der Waals surface area contributed by atoms with Crippen LogP contribution < -0.4 is 5.32 Å². The Hall–Kier alpha value is -2.87. The van der Waals surface area contributed by atoms with Crippen molar-refractivity contribution in [1.82, 2.24) is 14.7 Å². The number of nitrogens with one attached hydrogen (secondary N) is 1. The van der Waals surface area contributed by atoms with Crippen molar-refractivity contribution in [3.8, 4) is 0 Å². The molecule has 0 bridgehead atoms. The van der Waals surface area contributed by atoms with E-state index in [0.717, 1.165) is 23.3 Å². The molecule has 1 N–H and O–H groups in total. The van der Waals surface area contributed by atoms with E-state index in [2.05, 4.69) is 10.4 Å². The number of likely N-dealkylation sites (tertiary alicyclic amines) is 1. The average molecular weight is 384 g/mol. The number of thiophene rings is 1. The van der Waals surface area contributed by atoms with Gasteiger partial charge in [-0.25, -0.2) is 0 Å². The van der Waals surface area contributed by atoms with Crippen molar-refractivity contribution in [3.05, 3.63) is 57.9 Å². The van der Waals surface area contributed by atoms with Crippen LogP contribution in [0.3, 0.4) is 0 Å². The first-order valence-electron chi connectivity index (χ1n) is 8.77. The van der Waals surface area contributed by atoms with E-state index in [1.165, 1.54) is 11.3 Å². The van der Waals surface area contributed by atoms with E-state index in [0.29, 0.717) is 22.9 Å². The Kier molecular flexibility index (Phi) is 4.57. The molecule has 27 heavy (non-hydrogen) atoms. The molecule has 4 heterocycles. The van der Waals surface area contributed by atoms with Gasteiger partial charge in [0.2, 0.25) is 0 Å². The van der Waals surface area contributed by atoms with Gasteiger partial charge in [-0.1, -0.05) is 0 Å². The Morgan fingerprint density at radius 2 is 2.19 bits per heavy atom. The van der Waals surface area contributed by atoms with E-state index < -0.39 is 0 Å². The smallest absolute Gasteiger partial charge is 0.290 e. The monoisotopic (exact) mass is 384 g/mol. The Balaban J connectivity index is 1.51. The fourth-order valence-electron chi connectivity index (χ4n) is 3.36. The van der Waals surface area contributed by atoms with E-state index in [1.807, 2.05) is 24.0 Å². The van der Waals surface area contributed by atoms with Gasteiger partial charge in [0, 0.05) is 30.2 Å². The largest absolute Gasteiger partial charge is 0.459 e. The maximum absolute atomic E-state index is 12.8. The highest BCUT2D eigenvalue weighted by molar-refractivity contribution is 7.14. The van der Waals surface area contributed by atoms with Crippen LogP contribution in [0.15, 0.2) is 41.3 Å². The number of furan rings is 1. The SMILES string of the molecule is Cc1ccoc1C(=O)N1CCCC1c1ccc(C(=O)Nc2cnn(C)c2)s1. The molecular formula is C19H20N4O3S. The molecule has 1 aliphatic rings. The number of hydrogen-bond acceptors (Lipinski definition) is 5. The molecule has 0 aliphatic carbocycles. The summed E-state index contributed by atoms with van der Waals surface area (Å²) >= 11 is 1.42. The first-order chi connectivity index (χ1) is 13.0. The molecule has 1 saturated heterocycles. The van der Waals surface area contributed by atoms with Gasteiger partial charge in [0.15, 0.2) is 5.76 Å². The normalized spacial score (nSPS) is 16.7. The van der Waals surface area contributed by atoms with Crippen molar-refractivity contribution in [2.75, 3.05) is 11.9 Å². The topological polar surface area (TPSA) is 80.4 Å². The van der Waals surface area contributed by atoms with Gasteiger partial charge in [-0.05, 0) is 38.0 Å². The van der Waals surface area contributed by atoms with Crippen molar-refractivity contribution in [1.29, 1.82) is 0 Å². The summed E-state index contributed by atoms with van der Waals surface area (Å²) in [5, 5.41) is 6.88. The predicted octanol–water partition coefficient (Wildman–Crippen LogP) is 3.61. The Bertz CT molecular complexity index is 987. The molecule has 140 valence electrons. The van der Waals surface area contributed by atoms with Gasteiger partial charge in [-0.2, -0.15) is 5.10 Å². The van der Waals surface area contributed by atoms with E-state index in [4.69, 9.17) is 4.42 Å². The molecule has 3 aromatic heterocycles. The third kappa shape index (κ3) is 3.40. The third-order valence-corrected chi connectivity index (χ3v) is 5.90. The van der Waals surface area contributed by atoms with Crippen molar-refractivity contribution in [3.63, 3.8) is 0 Å². The minimum absolute atomic E-state index is 0.0214. The first-order valence-corrected chi connectivity index (χ1v) is 9.59. The van der Waals surface area contributed by atoms with E-state index in [-0.39, 0.29) is 17.9 Å². The van der Waals surface area contributed by atoms with Crippen LogP contribution in [0.5, 0.6) is 0 Å². The molecular weight excluding hydrogens is 364 g/mol. The molecule has 0 aromatic carbocycles. The minimum Gasteiger partial charge on any atom is -0.459 e. The quantitative estimate of drug-likeness (QED) is 0.745. The standard InChI is InChI=1S/C19H20N4O3S/c1-12-7-9-26-17(12)19(25)23-8-3-4-14(23)15-5-6-16(27-15)18(24)21-13-10-20-22(2)11-13/h5-7,9-11,14H,3-4,8H2,1-2H3,(H,21,24). The molecule has 1 unspecified atom stereocenters. The Morgan fingerprint density at radius 3 is 2.89 bits per heavy atom. The van der Waals surface area contributed by atoms with Crippen LogP contribution in [0.1, 0.15) is 49.6 Å². The number of nitrogens with zero attached hydrogens (tertiary/aromatic N) is 3. The molecule has 0 spiro atoms. The van der Waals surface area contributed by atoms with Crippen LogP contribution in [0.2, 0.25) is 0 Å². The number of aryl methyl sites for hydroxylation is 2. The minimum atomic E-state index is -0.169. The third-order valence-electron chi connectivity index (χ3n) is 4.71. The van der Waals surface area contributed by atoms with Crippen molar-refractivity contribution < 1.29 is 14.0 Å². The summed E-state index contributed by atoms with van der Waals surface area (Å²) < 4.78 is 7.01. The second kappa shape index (κ2) is 7.03. The summed E-state index contributed by atoms with van der Waals surface area (Å²) in [5.41, 5.74) is 1.50. The van der Waals surface area contributed by atoms with E-state index >= 15 is 0 Å². The first kappa shape index (κ1) is 17.5. The number of anilines is 1. The van der Waals surface area contributed by atoms with Crippen molar-refractivity contribution in [2.45, 2.75) is 25.8 Å². The molecule has 8 heteroatoms. The molecule has 0 radical (unpaired) electrons. The highest BCUT2D eigenvalue weighted by Gasteiger charge is 2.33. The van der Waals surface area contributed by atoms with Gasteiger partial charge in [0.25, 0.3) is 11.8 Å². The summed E-state index contributed by atoms with van der Waals surface area (Å²) in [4.78, 5) is 28.8. The zero-order valence-electron chi connectivity index (χ0n) is 15.1. The maximum Gasteiger partial charge on any atom is 0.290 e. The summed E-state index contributed by atoms with van der Waals surface area (Å²) in [5.74, 6) is 0.139. The highest BCUT2D eigenvalue weighted by Crippen LogP contribution is 2.37. The Labute approximate surface area is 160 Å². The van der Waals surface area contributed by atoms with Crippen molar-refractivity contribution in [2.24, 2.45) is 7.05 Å². The summed E-state index contributed by atoms with van der Waals surface area (Å²) in [7, 11) is 1.80. The number of carbonyl (C=O) groups is 2. The molecule has 1 aliphatic heterocycles. The second-order valence-corrected chi connectivity index (χ2v) is 7.76.